The molecule has 0 atom stereocenters. The fourth-order valence-electron chi connectivity index (χ4n) is 3.27. The fourth-order valence-corrected chi connectivity index (χ4v) is 3.27. The summed E-state index contributed by atoms with van der Waals surface area (Å²) in [5.41, 5.74) is 1.76. The molecule has 3 heterocycles. The van der Waals surface area contributed by atoms with Crippen molar-refractivity contribution in [3.63, 3.8) is 0 Å². The number of hydrogen-bond acceptors (Lipinski definition) is 6. The van der Waals surface area contributed by atoms with E-state index in [1.54, 1.807) is 16.1 Å². The standard InChI is InChI=1S/C21H15F2N7O/c1-29-17(24-11-26-29)10-31-21-19(13-5-3-2-4-6-13)30-12-25-28-18(20(30)27-21)15-9-14(22)7-8-16(15)23/h2-9,11-12H,10H2,1H3. The van der Waals surface area contributed by atoms with E-state index in [1.165, 1.54) is 12.7 Å². The van der Waals surface area contributed by atoms with Crippen LogP contribution in [0.1, 0.15) is 5.82 Å². The van der Waals surface area contributed by atoms with E-state index in [0.717, 1.165) is 23.8 Å². The second kappa shape index (κ2) is 7.56. The normalized spacial score (nSPS) is 11.2. The average molecular weight is 419 g/mol. The van der Waals surface area contributed by atoms with Gasteiger partial charge < -0.3 is 4.74 Å². The molecule has 31 heavy (non-hydrogen) atoms. The van der Waals surface area contributed by atoms with E-state index in [9.17, 15) is 8.78 Å². The lowest BCUT2D eigenvalue weighted by Crippen LogP contribution is -2.05. The monoisotopic (exact) mass is 419 g/mol. The minimum absolute atomic E-state index is 0.0393. The molecule has 5 aromatic rings. The van der Waals surface area contributed by atoms with Gasteiger partial charge in [-0.1, -0.05) is 30.3 Å². The molecule has 0 radical (unpaired) electrons. The van der Waals surface area contributed by atoms with Crippen LogP contribution in [0.25, 0.3) is 28.2 Å². The minimum atomic E-state index is -0.630. The van der Waals surface area contributed by atoms with Gasteiger partial charge in [0.1, 0.15) is 42.3 Å². The van der Waals surface area contributed by atoms with Gasteiger partial charge in [-0.3, -0.25) is 9.08 Å². The molecule has 0 saturated heterocycles. The number of nitrogens with zero attached hydrogens (tertiary/aromatic N) is 7. The van der Waals surface area contributed by atoms with Gasteiger partial charge in [-0.25, -0.2) is 13.8 Å². The molecule has 0 amide bonds. The number of ether oxygens (including phenoxy) is 1. The Morgan fingerprint density at radius 1 is 1.06 bits per heavy atom. The SMILES string of the molecule is Cn1ncnc1COc1nc2c(-c3cc(F)ccc3F)nncn2c1-c1ccccc1. The van der Waals surface area contributed by atoms with Gasteiger partial charge in [-0.15, -0.1) is 10.2 Å². The Hall–Kier alpha value is -4.21. The van der Waals surface area contributed by atoms with Gasteiger partial charge in [-0.2, -0.15) is 10.1 Å². The number of imidazole rings is 1. The van der Waals surface area contributed by atoms with E-state index in [4.69, 9.17) is 4.74 Å². The maximum absolute atomic E-state index is 14.5. The van der Waals surface area contributed by atoms with Crippen LogP contribution < -0.4 is 4.74 Å². The first kappa shape index (κ1) is 18.8. The Kier molecular flexibility index (Phi) is 4.58. The van der Waals surface area contributed by atoms with Crippen molar-refractivity contribution in [2.75, 3.05) is 0 Å². The summed E-state index contributed by atoms with van der Waals surface area (Å²) in [6, 6.07) is 12.6. The van der Waals surface area contributed by atoms with E-state index >= 15 is 0 Å². The Balaban J connectivity index is 1.70. The Bertz CT molecular complexity index is 1380. The number of fused-ring (bicyclic) bond motifs is 1. The number of halogens is 2. The van der Waals surface area contributed by atoms with Crippen molar-refractivity contribution >= 4 is 5.65 Å². The highest BCUT2D eigenvalue weighted by molar-refractivity contribution is 5.79. The summed E-state index contributed by atoms with van der Waals surface area (Å²) < 4.78 is 37.5. The van der Waals surface area contributed by atoms with E-state index in [2.05, 4.69) is 25.3 Å². The third-order valence-electron chi connectivity index (χ3n) is 4.79. The summed E-state index contributed by atoms with van der Waals surface area (Å²) >= 11 is 0. The quantitative estimate of drug-likeness (QED) is 0.434. The average Bonchev–Trinajstić information content (AvgIpc) is 3.37. The lowest BCUT2D eigenvalue weighted by atomic mass is 10.1. The molecular formula is C21H15F2N7O. The highest BCUT2D eigenvalue weighted by Gasteiger charge is 2.22. The van der Waals surface area contributed by atoms with Crippen LogP contribution in [0.15, 0.2) is 61.2 Å². The molecule has 5 rings (SSSR count). The number of aromatic nitrogens is 7. The fraction of sp³-hybridized carbons (Fsp3) is 0.0952. The largest absolute Gasteiger partial charge is 0.468 e. The minimum Gasteiger partial charge on any atom is -0.468 e. The number of aryl methyl sites for hydroxylation is 1. The maximum Gasteiger partial charge on any atom is 0.241 e. The van der Waals surface area contributed by atoms with Crippen molar-refractivity contribution in [2.24, 2.45) is 7.05 Å². The van der Waals surface area contributed by atoms with E-state index < -0.39 is 11.6 Å². The van der Waals surface area contributed by atoms with Gasteiger partial charge in [0, 0.05) is 18.2 Å². The third-order valence-corrected chi connectivity index (χ3v) is 4.79. The Morgan fingerprint density at radius 2 is 1.90 bits per heavy atom. The zero-order chi connectivity index (χ0) is 21.4. The lowest BCUT2D eigenvalue weighted by Gasteiger charge is -2.07. The van der Waals surface area contributed by atoms with Gasteiger partial charge in [0.25, 0.3) is 0 Å². The molecule has 0 saturated carbocycles. The van der Waals surface area contributed by atoms with Crippen molar-refractivity contribution < 1.29 is 13.5 Å². The van der Waals surface area contributed by atoms with Crippen LogP contribution in [0.5, 0.6) is 5.88 Å². The van der Waals surface area contributed by atoms with E-state index in [1.807, 2.05) is 30.3 Å². The molecule has 154 valence electrons. The topological polar surface area (TPSA) is 83.0 Å². The van der Waals surface area contributed by atoms with Gasteiger partial charge in [0.15, 0.2) is 11.5 Å². The van der Waals surface area contributed by atoms with Crippen LogP contribution in [-0.2, 0) is 13.7 Å². The molecule has 0 fully saturated rings. The summed E-state index contributed by atoms with van der Waals surface area (Å²) in [7, 11) is 1.76. The second-order valence-electron chi connectivity index (χ2n) is 6.72. The van der Waals surface area contributed by atoms with Crippen LogP contribution in [0.3, 0.4) is 0 Å². The van der Waals surface area contributed by atoms with Crippen LogP contribution in [0, 0.1) is 11.6 Å². The summed E-state index contributed by atoms with van der Waals surface area (Å²) in [5, 5.41) is 12.0. The molecule has 0 N–H and O–H groups in total. The van der Waals surface area contributed by atoms with Crippen LogP contribution in [-0.4, -0.2) is 34.3 Å². The van der Waals surface area contributed by atoms with Crippen molar-refractivity contribution in [3.8, 4) is 28.4 Å². The highest BCUT2D eigenvalue weighted by atomic mass is 19.1. The van der Waals surface area contributed by atoms with Gasteiger partial charge in [0.05, 0.1) is 0 Å². The van der Waals surface area contributed by atoms with E-state index in [-0.39, 0.29) is 29.4 Å². The number of benzene rings is 2. The number of rotatable bonds is 5. The van der Waals surface area contributed by atoms with E-state index in [0.29, 0.717) is 11.5 Å². The van der Waals surface area contributed by atoms with Crippen molar-refractivity contribution in [1.29, 1.82) is 0 Å². The van der Waals surface area contributed by atoms with Crippen molar-refractivity contribution in [1.82, 2.24) is 34.3 Å². The van der Waals surface area contributed by atoms with Crippen molar-refractivity contribution in [3.05, 3.63) is 78.6 Å². The molecule has 0 aliphatic carbocycles. The molecule has 0 aliphatic heterocycles. The Labute approximate surface area is 174 Å². The predicted octanol–water partition coefficient (Wildman–Crippen LogP) is 3.44. The van der Waals surface area contributed by atoms with Crippen LogP contribution >= 0.6 is 0 Å². The molecule has 10 heteroatoms. The lowest BCUT2D eigenvalue weighted by molar-refractivity contribution is 0.281. The Morgan fingerprint density at radius 3 is 2.68 bits per heavy atom. The molecular weight excluding hydrogens is 404 g/mol. The van der Waals surface area contributed by atoms with Gasteiger partial charge >= 0.3 is 0 Å². The molecule has 0 bridgehead atoms. The van der Waals surface area contributed by atoms with Gasteiger partial charge in [-0.05, 0) is 18.2 Å². The first-order chi connectivity index (χ1) is 15.1. The molecule has 8 nitrogen and oxygen atoms in total. The molecule has 2 aromatic carbocycles. The number of hydrogen-bond donors (Lipinski definition) is 0. The molecule has 0 spiro atoms. The summed E-state index contributed by atoms with van der Waals surface area (Å²) in [6.45, 7) is 0.116. The second-order valence-corrected chi connectivity index (χ2v) is 6.72. The van der Waals surface area contributed by atoms with Crippen LogP contribution in [0.4, 0.5) is 8.78 Å². The summed E-state index contributed by atoms with van der Waals surface area (Å²) in [4.78, 5) is 8.71. The third kappa shape index (κ3) is 3.37. The van der Waals surface area contributed by atoms with Crippen molar-refractivity contribution in [2.45, 2.75) is 6.61 Å². The zero-order valence-corrected chi connectivity index (χ0v) is 16.3. The highest BCUT2D eigenvalue weighted by Crippen LogP contribution is 2.34. The summed E-state index contributed by atoms with van der Waals surface area (Å²) in [5.74, 6) is -0.339. The van der Waals surface area contributed by atoms with Gasteiger partial charge in [0.2, 0.25) is 5.88 Å². The zero-order valence-electron chi connectivity index (χ0n) is 16.3. The summed E-state index contributed by atoms with van der Waals surface area (Å²) in [6.07, 6.45) is 2.89. The molecule has 0 aliphatic rings. The molecule has 0 unspecified atom stereocenters. The molecule has 3 aromatic heterocycles. The predicted molar refractivity (Wildman–Crippen MR) is 107 cm³/mol. The first-order valence-electron chi connectivity index (χ1n) is 9.32. The maximum atomic E-state index is 14.5. The first-order valence-corrected chi connectivity index (χ1v) is 9.32. The van der Waals surface area contributed by atoms with Crippen LogP contribution in [0.2, 0.25) is 0 Å². The smallest absolute Gasteiger partial charge is 0.241 e.